The van der Waals surface area contributed by atoms with E-state index >= 15 is 0 Å². The minimum absolute atomic E-state index is 1.04. The van der Waals surface area contributed by atoms with Crippen molar-refractivity contribution in [3.8, 4) is 11.1 Å². The zero-order chi connectivity index (χ0) is 24.8. The number of rotatable bonds is 22. The van der Waals surface area contributed by atoms with Crippen LogP contribution in [0.1, 0.15) is 128 Å². The summed E-state index contributed by atoms with van der Waals surface area (Å²) in [5.74, 6) is 0. The normalized spacial score (nSPS) is 11.4. The number of hydrogen-bond donors (Lipinski definition) is 0. The van der Waals surface area contributed by atoms with Gasteiger partial charge in [-0.05, 0) is 42.8 Å². The summed E-state index contributed by atoms with van der Waals surface area (Å²) in [6.07, 6.45) is 25.9. The van der Waals surface area contributed by atoms with Crippen molar-refractivity contribution in [2.24, 2.45) is 0 Å². The molecule has 35 heavy (non-hydrogen) atoms. The maximum absolute atomic E-state index is 2.48. The van der Waals surface area contributed by atoms with Crippen LogP contribution in [0.4, 0.5) is 0 Å². The molecule has 0 fully saturated rings. The SMILES string of the molecule is CCCCCCCCCCCCCCCCCCCCN(C)Cc1cccc(-c2ccccc2)c1. The Hall–Kier alpha value is -1.60. The van der Waals surface area contributed by atoms with Gasteiger partial charge in [-0.15, -0.1) is 0 Å². The molecular formula is C34H55N. The largest absolute Gasteiger partial charge is 0.302 e. The quantitative estimate of drug-likeness (QED) is 0.152. The van der Waals surface area contributed by atoms with Gasteiger partial charge < -0.3 is 4.90 Å². The fourth-order valence-electron chi connectivity index (χ4n) is 5.15. The number of unbranched alkanes of at least 4 members (excludes halogenated alkanes) is 17. The standard InChI is InChI=1S/C34H55N/c1-3-4-5-6-7-8-9-10-11-12-13-14-15-16-17-18-19-23-29-35(2)31-32-25-24-28-34(30-32)33-26-21-20-22-27-33/h20-22,24-28,30H,3-19,23,29,31H2,1-2H3. The van der Waals surface area contributed by atoms with E-state index in [4.69, 9.17) is 0 Å². The molecule has 0 atom stereocenters. The maximum atomic E-state index is 2.48. The Morgan fingerprint density at radius 1 is 0.486 bits per heavy atom. The third kappa shape index (κ3) is 15.2. The maximum Gasteiger partial charge on any atom is 0.0230 e. The Labute approximate surface area is 218 Å². The van der Waals surface area contributed by atoms with E-state index in [9.17, 15) is 0 Å². The minimum atomic E-state index is 1.04. The number of hydrogen-bond acceptors (Lipinski definition) is 1. The van der Waals surface area contributed by atoms with Crippen molar-refractivity contribution in [2.45, 2.75) is 129 Å². The van der Waals surface area contributed by atoms with Crippen LogP contribution in [0.5, 0.6) is 0 Å². The summed E-state index contributed by atoms with van der Waals surface area (Å²) in [5.41, 5.74) is 4.04. The van der Waals surface area contributed by atoms with Crippen LogP contribution >= 0.6 is 0 Å². The first-order valence-electron chi connectivity index (χ1n) is 15.1. The lowest BCUT2D eigenvalue weighted by atomic mass is 10.0. The van der Waals surface area contributed by atoms with E-state index in [-0.39, 0.29) is 0 Å². The third-order valence-electron chi connectivity index (χ3n) is 7.38. The van der Waals surface area contributed by atoms with Crippen molar-refractivity contribution in [3.05, 3.63) is 60.2 Å². The highest BCUT2D eigenvalue weighted by molar-refractivity contribution is 5.63. The Morgan fingerprint density at radius 2 is 0.943 bits per heavy atom. The van der Waals surface area contributed by atoms with Crippen LogP contribution < -0.4 is 0 Å². The summed E-state index contributed by atoms with van der Waals surface area (Å²) in [5, 5.41) is 0. The van der Waals surface area contributed by atoms with E-state index in [2.05, 4.69) is 73.5 Å². The monoisotopic (exact) mass is 477 g/mol. The molecule has 0 aliphatic rings. The van der Waals surface area contributed by atoms with Crippen molar-refractivity contribution in [3.63, 3.8) is 0 Å². The van der Waals surface area contributed by atoms with E-state index in [1.165, 1.54) is 139 Å². The van der Waals surface area contributed by atoms with Crippen LogP contribution in [-0.4, -0.2) is 18.5 Å². The van der Waals surface area contributed by atoms with Gasteiger partial charge in [0.1, 0.15) is 0 Å². The molecule has 196 valence electrons. The zero-order valence-electron chi connectivity index (χ0n) is 23.3. The van der Waals surface area contributed by atoms with Gasteiger partial charge in [0.05, 0.1) is 0 Å². The average molecular weight is 478 g/mol. The second-order valence-corrected chi connectivity index (χ2v) is 10.8. The second kappa shape index (κ2) is 20.6. The van der Waals surface area contributed by atoms with Crippen molar-refractivity contribution >= 4 is 0 Å². The molecule has 0 saturated carbocycles. The van der Waals surface area contributed by atoms with Gasteiger partial charge in [0.25, 0.3) is 0 Å². The molecule has 0 bridgehead atoms. The summed E-state index contributed by atoms with van der Waals surface area (Å²) < 4.78 is 0. The average Bonchev–Trinajstić information content (AvgIpc) is 2.88. The van der Waals surface area contributed by atoms with Crippen LogP contribution in [0.3, 0.4) is 0 Å². The van der Waals surface area contributed by atoms with Gasteiger partial charge in [-0.1, -0.05) is 165 Å². The molecular weight excluding hydrogens is 422 g/mol. The van der Waals surface area contributed by atoms with Crippen molar-refractivity contribution in [1.29, 1.82) is 0 Å². The van der Waals surface area contributed by atoms with Crippen LogP contribution in [0.15, 0.2) is 54.6 Å². The highest BCUT2D eigenvalue weighted by atomic mass is 15.1. The van der Waals surface area contributed by atoms with Crippen molar-refractivity contribution in [1.82, 2.24) is 4.90 Å². The molecule has 0 aromatic heterocycles. The highest BCUT2D eigenvalue weighted by Crippen LogP contribution is 2.21. The van der Waals surface area contributed by atoms with E-state index in [0.717, 1.165) is 6.54 Å². The van der Waals surface area contributed by atoms with Crippen LogP contribution in [0.2, 0.25) is 0 Å². The Balaban J connectivity index is 1.37. The van der Waals surface area contributed by atoms with Gasteiger partial charge in [0.2, 0.25) is 0 Å². The first kappa shape index (κ1) is 29.6. The molecule has 0 aliphatic heterocycles. The fourth-order valence-corrected chi connectivity index (χ4v) is 5.15. The van der Waals surface area contributed by atoms with Crippen molar-refractivity contribution < 1.29 is 0 Å². The van der Waals surface area contributed by atoms with Gasteiger partial charge in [0.15, 0.2) is 0 Å². The Bertz CT molecular complexity index is 722. The molecule has 2 aromatic carbocycles. The molecule has 0 heterocycles. The lowest BCUT2D eigenvalue weighted by molar-refractivity contribution is 0.316. The highest BCUT2D eigenvalue weighted by Gasteiger charge is 2.03. The van der Waals surface area contributed by atoms with Gasteiger partial charge in [-0.3, -0.25) is 0 Å². The fraction of sp³-hybridized carbons (Fsp3) is 0.647. The Kier molecular flexibility index (Phi) is 17.4. The van der Waals surface area contributed by atoms with Crippen LogP contribution in [0, 0.1) is 0 Å². The molecule has 2 rings (SSSR count). The Morgan fingerprint density at radius 3 is 1.46 bits per heavy atom. The van der Waals surface area contributed by atoms with Crippen LogP contribution in [0.25, 0.3) is 11.1 Å². The topological polar surface area (TPSA) is 3.24 Å². The molecule has 1 nitrogen and oxygen atoms in total. The molecule has 0 spiro atoms. The summed E-state index contributed by atoms with van der Waals surface area (Å²) in [6, 6.07) is 19.7. The lowest BCUT2D eigenvalue weighted by Crippen LogP contribution is -2.19. The molecule has 0 N–H and O–H groups in total. The molecule has 1 heteroatoms. The molecule has 2 aromatic rings. The summed E-state index contributed by atoms with van der Waals surface area (Å²) in [4.78, 5) is 2.48. The first-order valence-corrected chi connectivity index (χ1v) is 15.1. The number of nitrogens with zero attached hydrogens (tertiary/aromatic N) is 1. The molecule has 0 unspecified atom stereocenters. The molecule has 0 saturated heterocycles. The van der Waals surface area contributed by atoms with E-state index < -0.39 is 0 Å². The molecule has 0 aliphatic carbocycles. The predicted molar refractivity (Wildman–Crippen MR) is 157 cm³/mol. The van der Waals surface area contributed by atoms with E-state index in [1.807, 2.05) is 0 Å². The second-order valence-electron chi connectivity index (χ2n) is 10.8. The van der Waals surface area contributed by atoms with Crippen molar-refractivity contribution in [2.75, 3.05) is 13.6 Å². The number of benzene rings is 2. The predicted octanol–water partition coefficient (Wildman–Crippen LogP) is 10.8. The molecule has 0 amide bonds. The van der Waals surface area contributed by atoms with Gasteiger partial charge >= 0.3 is 0 Å². The van der Waals surface area contributed by atoms with Gasteiger partial charge in [0, 0.05) is 6.54 Å². The third-order valence-corrected chi connectivity index (χ3v) is 7.38. The molecule has 0 radical (unpaired) electrons. The zero-order valence-corrected chi connectivity index (χ0v) is 23.3. The summed E-state index contributed by atoms with van der Waals surface area (Å²) in [6.45, 7) is 4.54. The smallest absolute Gasteiger partial charge is 0.0230 e. The van der Waals surface area contributed by atoms with E-state index in [0.29, 0.717) is 0 Å². The van der Waals surface area contributed by atoms with Gasteiger partial charge in [-0.25, -0.2) is 0 Å². The lowest BCUT2D eigenvalue weighted by Gasteiger charge is -2.17. The minimum Gasteiger partial charge on any atom is -0.302 e. The first-order chi connectivity index (χ1) is 17.3. The summed E-state index contributed by atoms with van der Waals surface area (Å²) >= 11 is 0. The van der Waals surface area contributed by atoms with Crippen LogP contribution in [-0.2, 0) is 6.54 Å². The van der Waals surface area contributed by atoms with E-state index in [1.54, 1.807) is 0 Å². The van der Waals surface area contributed by atoms with Gasteiger partial charge in [-0.2, -0.15) is 0 Å². The summed E-state index contributed by atoms with van der Waals surface area (Å²) in [7, 11) is 2.27.